The van der Waals surface area contributed by atoms with Gasteiger partial charge in [0.1, 0.15) is 0 Å². The van der Waals surface area contributed by atoms with Gasteiger partial charge < -0.3 is 9.88 Å². The van der Waals surface area contributed by atoms with Crippen molar-refractivity contribution in [2.24, 2.45) is 5.92 Å². The Kier molecular flexibility index (Phi) is 4.85. The van der Waals surface area contributed by atoms with E-state index < -0.39 is 0 Å². The van der Waals surface area contributed by atoms with Crippen LogP contribution in [0, 0.1) is 5.92 Å². The van der Waals surface area contributed by atoms with Crippen molar-refractivity contribution >= 4 is 17.7 Å². The summed E-state index contributed by atoms with van der Waals surface area (Å²) < 4.78 is 2.08. The number of nitrogens with zero attached hydrogens (tertiary/aromatic N) is 3. The van der Waals surface area contributed by atoms with Gasteiger partial charge in [0.2, 0.25) is 5.91 Å². The number of rotatable bonds is 5. The minimum atomic E-state index is 0.168. The van der Waals surface area contributed by atoms with E-state index in [1.165, 1.54) is 12.8 Å². The van der Waals surface area contributed by atoms with Gasteiger partial charge in [0.05, 0.1) is 6.54 Å². The zero-order valence-corrected chi connectivity index (χ0v) is 12.7. The first-order valence-electron chi connectivity index (χ1n) is 6.89. The van der Waals surface area contributed by atoms with Crippen LogP contribution in [0.3, 0.4) is 0 Å². The second-order valence-electron chi connectivity index (χ2n) is 5.27. The van der Waals surface area contributed by atoms with Crippen LogP contribution in [0.5, 0.6) is 0 Å². The third-order valence-corrected chi connectivity index (χ3v) is 4.22. The lowest BCUT2D eigenvalue weighted by Gasteiger charge is -2.14. The maximum atomic E-state index is 12.0. The van der Waals surface area contributed by atoms with E-state index in [0.29, 0.717) is 12.6 Å². The van der Waals surface area contributed by atoms with Crippen molar-refractivity contribution in [3.8, 4) is 0 Å². The topological polar surface area (TPSA) is 59.8 Å². The number of carbonyl (C=O) groups is 1. The van der Waals surface area contributed by atoms with Crippen molar-refractivity contribution in [1.82, 2.24) is 20.1 Å². The number of aromatic nitrogens is 3. The number of nitrogens with one attached hydrogen (secondary N) is 1. The largest absolute Gasteiger partial charge is 0.349 e. The molecule has 1 fully saturated rings. The van der Waals surface area contributed by atoms with Crippen LogP contribution in [0.1, 0.15) is 51.4 Å². The monoisotopic (exact) mass is 282 g/mol. The second-order valence-corrected chi connectivity index (χ2v) is 6.04. The highest BCUT2D eigenvalue weighted by atomic mass is 32.2. The highest BCUT2D eigenvalue weighted by Crippen LogP contribution is 2.25. The van der Waals surface area contributed by atoms with Gasteiger partial charge in [0, 0.05) is 12.0 Å². The summed E-state index contributed by atoms with van der Waals surface area (Å²) in [6.45, 7) is 4.68. The molecule has 2 rings (SSSR count). The maximum Gasteiger partial charge on any atom is 0.223 e. The second kappa shape index (κ2) is 6.41. The molecule has 1 saturated carbocycles. The molecule has 1 aliphatic rings. The van der Waals surface area contributed by atoms with Gasteiger partial charge in [-0.3, -0.25) is 4.79 Å². The molecule has 19 heavy (non-hydrogen) atoms. The van der Waals surface area contributed by atoms with Gasteiger partial charge in [-0.25, -0.2) is 0 Å². The minimum Gasteiger partial charge on any atom is -0.349 e. The molecule has 0 aliphatic heterocycles. The standard InChI is InChI=1S/C13H22N4OS/c1-9(2)17-11(15-16-13(17)19-3)8-14-12(18)10-6-4-5-7-10/h9-10H,4-8H2,1-3H3,(H,14,18). The quantitative estimate of drug-likeness (QED) is 0.842. The Labute approximate surface area is 118 Å². The van der Waals surface area contributed by atoms with Crippen molar-refractivity contribution in [1.29, 1.82) is 0 Å². The van der Waals surface area contributed by atoms with Crippen molar-refractivity contribution in [2.45, 2.75) is 57.3 Å². The Balaban J connectivity index is 1.99. The molecular weight excluding hydrogens is 260 g/mol. The Bertz CT molecular complexity index is 438. The van der Waals surface area contributed by atoms with Gasteiger partial charge in [-0.2, -0.15) is 0 Å². The Morgan fingerprint density at radius 3 is 2.68 bits per heavy atom. The molecule has 5 nitrogen and oxygen atoms in total. The van der Waals surface area contributed by atoms with Crippen LogP contribution in [-0.2, 0) is 11.3 Å². The first-order valence-corrected chi connectivity index (χ1v) is 8.11. The van der Waals surface area contributed by atoms with E-state index in [1.807, 2.05) is 6.26 Å². The van der Waals surface area contributed by atoms with Crippen LogP contribution in [0.2, 0.25) is 0 Å². The van der Waals surface area contributed by atoms with Crippen LogP contribution < -0.4 is 5.32 Å². The summed E-state index contributed by atoms with van der Waals surface area (Å²) in [6, 6.07) is 0.302. The van der Waals surface area contributed by atoms with Crippen LogP contribution in [0.4, 0.5) is 0 Å². The lowest BCUT2D eigenvalue weighted by atomic mass is 10.1. The summed E-state index contributed by atoms with van der Waals surface area (Å²) in [4.78, 5) is 12.0. The summed E-state index contributed by atoms with van der Waals surface area (Å²) in [5.74, 6) is 1.21. The fraction of sp³-hybridized carbons (Fsp3) is 0.769. The number of carbonyl (C=O) groups excluding carboxylic acids is 1. The molecule has 1 N–H and O–H groups in total. The number of amides is 1. The van der Waals surface area contributed by atoms with Crippen LogP contribution in [0.15, 0.2) is 5.16 Å². The summed E-state index contributed by atoms with van der Waals surface area (Å²) in [6.07, 6.45) is 6.40. The Morgan fingerprint density at radius 1 is 1.42 bits per heavy atom. The number of hydrogen-bond acceptors (Lipinski definition) is 4. The fourth-order valence-corrected chi connectivity index (χ4v) is 3.22. The average Bonchev–Trinajstić information content (AvgIpc) is 3.04. The lowest BCUT2D eigenvalue weighted by Crippen LogP contribution is -2.30. The minimum absolute atomic E-state index is 0.168. The number of thioether (sulfide) groups is 1. The molecule has 1 heterocycles. The fourth-order valence-electron chi connectivity index (χ4n) is 2.58. The third kappa shape index (κ3) is 3.29. The Morgan fingerprint density at radius 2 is 2.11 bits per heavy atom. The summed E-state index contributed by atoms with van der Waals surface area (Å²) in [7, 11) is 0. The summed E-state index contributed by atoms with van der Waals surface area (Å²) >= 11 is 1.58. The molecule has 0 spiro atoms. The molecule has 0 atom stereocenters. The highest BCUT2D eigenvalue weighted by Gasteiger charge is 2.23. The van der Waals surface area contributed by atoms with Gasteiger partial charge in [0.25, 0.3) is 0 Å². The van der Waals surface area contributed by atoms with E-state index in [-0.39, 0.29) is 11.8 Å². The van der Waals surface area contributed by atoms with Crippen LogP contribution >= 0.6 is 11.8 Å². The van der Waals surface area contributed by atoms with Crippen LogP contribution in [-0.4, -0.2) is 26.9 Å². The normalized spacial score (nSPS) is 16.2. The highest BCUT2D eigenvalue weighted by molar-refractivity contribution is 7.98. The maximum absolute atomic E-state index is 12.0. The molecule has 6 heteroatoms. The van der Waals surface area contributed by atoms with Crippen molar-refractivity contribution in [2.75, 3.05) is 6.26 Å². The van der Waals surface area contributed by atoms with Gasteiger partial charge in [-0.1, -0.05) is 24.6 Å². The first-order chi connectivity index (χ1) is 9.13. The van der Waals surface area contributed by atoms with Crippen molar-refractivity contribution < 1.29 is 4.79 Å². The molecule has 0 saturated heterocycles. The van der Waals surface area contributed by atoms with Gasteiger partial charge in [-0.05, 0) is 32.9 Å². The molecule has 0 aromatic carbocycles. The molecule has 1 aromatic rings. The smallest absolute Gasteiger partial charge is 0.223 e. The molecule has 1 aliphatic carbocycles. The summed E-state index contributed by atoms with van der Waals surface area (Å²) in [5, 5.41) is 12.2. The SMILES string of the molecule is CSc1nnc(CNC(=O)C2CCCC2)n1C(C)C. The van der Waals surface area contributed by atoms with Crippen LogP contribution in [0.25, 0.3) is 0 Å². The first kappa shape index (κ1) is 14.4. The van der Waals surface area contributed by atoms with E-state index in [2.05, 4.69) is 33.9 Å². The zero-order chi connectivity index (χ0) is 13.8. The van der Waals surface area contributed by atoms with E-state index in [0.717, 1.165) is 23.8 Å². The molecule has 0 bridgehead atoms. The van der Waals surface area contributed by atoms with E-state index in [9.17, 15) is 4.79 Å². The molecule has 106 valence electrons. The molecule has 1 aromatic heterocycles. The molecule has 0 radical (unpaired) electrons. The number of hydrogen-bond donors (Lipinski definition) is 1. The van der Waals surface area contributed by atoms with Gasteiger partial charge >= 0.3 is 0 Å². The van der Waals surface area contributed by atoms with Gasteiger partial charge in [-0.15, -0.1) is 10.2 Å². The average molecular weight is 282 g/mol. The van der Waals surface area contributed by atoms with Crippen molar-refractivity contribution in [3.05, 3.63) is 5.82 Å². The van der Waals surface area contributed by atoms with E-state index in [1.54, 1.807) is 11.8 Å². The third-order valence-electron chi connectivity index (χ3n) is 3.58. The zero-order valence-electron chi connectivity index (χ0n) is 11.8. The van der Waals surface area contributed by atoms with Gasteiger partial charge in [0.15, 0.2) is 11.0 Å². The van der Waals surface area contributed by atoms with Crippen molar-refractivity contribution in [3.63, 3.8) is 0 Å². The molecular formula is C13H22N4OS. The van der Waals surface area contributed by atoms with E-state index >= 15 is 0 Å². The lowest BCUT2D eigenvalue weighted by molar-refractivity contribution is -0.125. The van der Waals surface area contributed by atoms with E-state index in [4.69, 9.17) is 0 Å². The predicted octanol–water partition coefficient (Wildman–Crippen LogP) is 2.39. The molecule has 0 unspecified atom stereocenters. The predicted molar refractivity (Wildman–Crippen MR) is 76.0 cm³/mol. The molecule has 1 amide bonds. The summed E-state index contributed by atoms with van der Waals surface area (Å²) in [5.41, 5.74) is 0. The Hall–Kier alpha value is -1.04.